The lowest BCUT2D eigenvalue weighted by Gasteiger charge is -2.09. The second kappa shape index (κ2) is 8.41. The predicted octanol–water partition coefficient (Wildman–Crippen LogP) is 5.04. The molecule has 0 aliphatic heterocycles. The van der Waals surface area contributed by atoms with Crippen LogP contribution in [0.4, 0.5) is 5.69 Å². The van der Waals surface area contributed by atoms with Crippen LogP contribution in [-0.2, 0) is 4.79 Å². The molecule has 2 aromatic carbocycles. The quantitative estimate of drug-likeness (QED) is 0.456. The minimum Gasteiger partial charge on any atom is -0.325 e. The van der Waals surface area contributed by atoms with Gasteiger partial charge in [-0.05, 0) is 48.2 Å². The van der Waals surface area contributed by atoms with Crippen LogP contribution >= 0.6 is 23.1 Å². The second-order valence-corrected chi connectivity index (χ2v) is 8.05. The third-order valence-corrected chi connectivity index (χ3v) is 5.82. The first-order valence-electron chi connectivity index (χ1n) is 8.75. The molecule has 0 aliphatic rings. The maximum Gasteiger partial charge on any atom is 0.234 e. The number of nitrogens with one attached hydrogen (secondary N) is 1. The lowest BCUT2D eigenvalue weighted by molar-refractivity contribution is -0.113. The van der Waals surface area contributed by atoms with Crippen LogP contribution in [0.15, 0.2) is 77.3 Å². The summed E-state index contributed by atoms with van der Waals surface area (Å²) in [5.74, 6) is 0.960. The molecule has 4 aromatic rings. The van der Waals surface area contributed by atoms with E-state index in [9.17, 15) is 4.79 Å². The first-order valence-corrected chi connectivity index (χ1v) is 10.6. The molecule has 0 atom stereocenters. The number of anilines is 1. The molecule has 5 nitrogen and oxygen atoms in total. The largest absolute Gasteiger partial charge is 0.325 e. The van der Waals surface area contributed by atoms with Gasteiger partial charge >= 0.3 is 0 Å². The molecule has 1 amide bonds. The molecule has 4 rings (SSSR count). The van der Waals surface area contributed by atoms with Crippen molar-refractivity contribution < 1.29 is 4.79 Å². The van der Waals surface area contributed by atoms with Gasteiger partial charge in [0, 0.05) is 11.4 Å². The third-order valence-electron chi connectivity index (χ3n) is 4.02. The summed E-state index contributed by atoms with van der Waals surface area (Å²) in [6.07, 6.45) is 0. The summed E-state index contributed by atoms with van der Waals surface area (Å²) in [7, 11) is 0. The number of hydrogen-bond donors (Lipinski definition) is 1. The molecule has 0 bridgehead atoms. The zero-order valence-corrected chi connectivity index (χ0v) is 16.8. The molecular formula is C21H18N4OS2. The number of nitrogens with zero attached hydrogens (tertiary/aromatic N) is 3. The number of carbonyl (C=O) groups is 1. The average molecular weight is 407 g/mol. The standard InChI is InChI=1S/C21H18N4OS2/c1-15-7-5-8-16(13-15)22-19(26)14-28-21-24-23-20(18-11-6-12-27-18)25(21)17-9-3-2-4-10-17/h2-13H,14H2,1H3,(H,22,26). The van der Waals surface area contributed by atoms with Gasteiger partial charge in [-0.3, -0.25) is 9.36 Å². The molecular weight excluding hydrogens is 388 g/mol. The Hall–Kier alpha value is -2.90. The number of aromatic nitrogens is 3. The van der Waals surface area contributed by atoms with Crippen molar-refractivity contribution in [3.8, 4) is 16.4 Å². The number of aryl methyl sites for hydroxylation is 1. The zero-order chi connectivity index (χ0) is 19.3. The Morgan fingerprint density at radius 2 is 1.93 bits per heavy atom. The number of para-hydroxylation sites is 1. The second-order valence-electron chi connectivity index (χ2n) is 6.16. The molecule has 140 valence electrons. The highest BCUT2D eigenvalue weighted by molar-refractivity contribution is 7.99. The summed E-state index contributed by atoms with van der Waals surface area (Å²) in [4.78, 5) is 13.4. The smallest absolute Gasteiger partial charge is 0.234 e. The fourth-order valence-corrected chi connectivity index (χ4v) is 4.24. The molecule has 2 heterocycles. The number of carbonyl (C=O) groups excluding carboxylic acids is 1. The van der Waals surface area contributed by atoms with Gasteiger partial charge in [0.05, 0.1) is 10.6 Å². The van der Waals surface area contributed by atoms with Crippen molar-refractivity contribution >= 4 is 34.7 Å². The van der Waals surface area contributed by atoms with Crippen molar-refractivity contribution in [2.24, 2.45) is 0 Å². The zero-order valence-electron chi connectivity index (χ0n) is 15.2. The molecule has 7 heteroatoms. The molecule has 1 N–H and O–H groups in total. The summed E-state index contributed by atoms with van der Waals surface area (Å²) in [5.41, 5.74) is 2.88. The molecule has 0 aliphatic carbocycles. The van der Waals surface area contributed by atoms with Crippen LogP contribution in [0.2, 0.25) is 0 Å². The topological polar surface area (TPSA) is 59.8 Å². The highest BCUT2D eigenvalue weighted by atomic mass is 32.2. The maximum atomic E-state index is 12.4. The summed E-state index contributed by atoms with van der Waals surface area (Å²) in [6.45, 7) is 2.00. The Balaban J connectivity index is 1.55. The van der Waals surface area contributed by atoms with Crippen LogP contribution in [0.1, 0.15) is 5.56 Å². The summed E-state index contributed by atoms with van der Waals surface area (Å²) in [5, 5.41) is 14.4. The molecule has 0 spiro atoms. The monoisotopic (exact) mass is 406 g/mol. The SMILES string of the molecule is Cc1cccc(NC(=O)CSc2nnc(-c3cccs3)n2-c2ccccc2)c1. The number of rotatable bonds is 6. The van der Waals surface area contributed by atoms with Gasteiger partial charge in [-0.2, -0.15) is 0 Å². The van der Waals surface area contributed by atoms with Gasteiger partial charge in [-0.15, -0.1) is 21.5 Å². The van der Waals surface area contributed by atoms with Crippen LogP contribution in [0, 0.1) is 6.92 Å². The fourth-order valence-electron chi connectivity index (χ4n) is 2.79. The molecule has 0 unspecified atom stereocenters. The van der Waals surface area contributed by atoms with E-state index >= 15 is 0 Å². The van der Waals surface area contributed by atoms with Crippen molar-refractivity contribution in [2.75, 3.05) is 11.1 Å². The van der Waals surface area contributed by atoms with Crippen LogP contribution in [0.3, 0.4) is 0 Å². The average Bonchev–Trinajstić information content (AvgIpc) is 3.36. The van der Waals surface area contributed by atoms with Crippen molar-refractivity contribution in [3.63, 3.8) is 0 Å². The summed E-state index contributed by atoms with van der Waals surface area (Å²) in [6, 6.07) is 21.7. The van der Waals surface area contributed by atoms with Crippen molar-refractivity contribution in [1.29, 1.82) is 0 Å². The molecule has 0 radical (unpaired) electrons. The van der Waals surface area contributed by atoms with Crippen molar-refractivity contribution in [3.05, 3.63) is 77.7 Å². The summed E-state index contributed by atoms with van der Waals surface area (Å²) >= 11 is 2.99. The Morgan fingerprint density at radius 3 is 2.68 bits per heavy atom. The molecule has 2 aromatic heterocycles. The number of thiophene rings is 1. The van der Waals surface area contributed by atoms with E-state index in [0.717, 1.165) is 27.6 Å². The van der Waals surface area contributed by atoms with E-state index in [1.807, 2.05) is 83.6 Å². The minimum absolute atomic E-state index is 0.0733. The van der Waals surface area contributed by atoms with Gasteiger partial charge < -0.3 is 5.32 Å². The Kier molecular flexibility index (Phi) is 5.55. The minimum atomic E-state index is -0.0733. The van der Waals surface area contributed by atoms with Crippen LogP contribution < -0.4 is 5.32 Å². The van der Waals surface area contributed by atoms with Gasteiger partial charge in [-0.1, -0.05) is 48.2 Å². The van der Waals surface area contributed by atoms with Crippen LogP contribution in [0.25, 0.3) is 16.4 Å². The summed E-state index contributed by atoms with van der Waals surface area (Å²) < 4.78 is 2.00. The highest BCUT2D eigenvalue weighted by Gasteiger charge is 2.17. The number of hydrogen-bond acceptors (Lipinski definition) is 5. The van der Waals surface area contributed by atoms with Gasteiger partial charge in [0.25, 0.3) is 0 Å². The third kappa shape index (κ3) is 4.16. The molecule has 0 saturated carbocycles. The Labute approximate surface area is 171 Å². The normalized spacial score (nSPS) is 10.8. The molecule has 0 fully saturated rings. The van der Waals surface area contributed by atoms with E-state index in [1.165, 1.54) is 11.8 Å². The van der Waals surface area contributed by atoms with Crippen LogP contribution in [0.5, 0.6) is 0 Å². The van der Waals surface area contributed by atoms with Crippen LogP contribution in [-0.4, -0.2) is 26.4 Å². The molecule has 0 saturated heterocycles. The number of thioether (sulfide) groups is 1. The Morgan fingerprint density at radius 1 is 1.07 bits per heavy atom. The lowest BCUT2D eigenvalue weighted by atomic mass is 10.2. The van der Waals surface area contributed by atoms with E-state index in [-0.39, 0.29) is 11.7 Å². The highest BCUT2D eigenvalue weighted by Crippen LogP contribution is 2.30. The lowest BCUT2D eigenvalue weighted by Crippen LogP contribution is -2.14. The van der Waals surface area contributed by atoms with Gasteiger partial charge in [-0.25, -0.2) is 0 Å². The fraction of sp³-hybridized carbons (Fsp3) is 0.0952. The van der Waals surface area contributed by atoms with Crippen molar-refractivity contribution in [2.45, 2.75) is 12.1 Å². The van der Waals surface area contributed by atoms with Gasteiger partial charge in [0.15, 0.2) is 11.0 Å². The van der Waals surface area contributed by atoms with E-state index in [4.69, 9.17) is 0 Å². The predicted molar refractivity (Wildman–Crippen MR) is 115 cm³/mol. The number of benzene rings is 2. The first-order chi connectivity index (χ1) is 13.7. The van der Waals surface area contributed by atoms with Gasteiger partial charge in [0.1, 0.15) is 0 Å². The number of amides is 1. The Bertz CT molecular complexity index is 1080. The van der Waals surface area contributed by atoms with Crippen molar-refractivity contribution in [1.82, 2.24) is 14.8 Å². The molecule has 28 heavy (non-hydrogen) atoms. The maximum absolute atomic E-state index is 12.4. The first kappa shape index (κ1) is 18.5. The van der Waals surface area contributed by atoms with E-state index in [1.54, 1.807) is 11.3 Å². The van der Waals surface area contributed by atoms with E-state index in [2.05, 4.69) is 15.5 Å². The van der Waals surface area contributed by atoms with E-state index in [0.29, 0.717) is 5.16 Å². The van der Waals surface area contributed by atoms with E-state index < -0.39 is 0 Å². The van der Waals surface area contributed by atoms with Gasteiger partial charge in [0.2, 0.25) is 5.91 Å².